The minimum absolute atomic E-state index is 0.00884. The number of fused-ring (bicyclic) bond motifs is 1. The molecular formula is C8H9ClN2O. The summed E-state index contributed by atoms with van der Waals surface area (Å²) in [6.07, 6.45) is 0. The van der Waals surface area contributed by atoms with E-state index in [1.807, 2.05) is 6.07 Å². The number of aromatic nitrogens is 2. The lowest BCUT2D eigenvalue weighted by molar-refractivity contribution is 0.282. The van der Waals surface area contributed by atoms with Crippen LogP contribution in [0.5, 0.6) is 5.88 Å². The van der Waals surface area contributed by atoms with Crippen LogP contribution in [0, 0.1) is 0 Å². The molecule has 0 saturated heterocycles. The van der Waals surface area contributed by atoms with Crippen molar-refractivity contribution >= 4 is 11.6 Å². The van der Waals surface area contributed by atoms with Crippen LogP contribution in [0.25, 0.3) is 0 Å². The van der Waals surface area contributed by atoms with Crippen molar-refractivity contribution in [3.63, 3.8) is 0 Å². The second-order valence-corrected chi connectivity index (χ2v) is 3.95. The van der Waals surface area contributed by atoms with E-state index in [0.717, 1.165) is 5.56 Å². The lowest BCUT2D eigenvalue weighted by Crippen LogP contribution is -2.18. The van der Waals surface area contributed by atoms with E-state index in [9.17, 15) is 0 Å². The molecule has 0 atom stereocenters. The summed E-state index contributed by atoms with van der Waals surface area (Å²) in [5.41, 5.74) is 1.05. The van der Waals surface area contributed by atoms with Crippen molar-refractivity contribution in [2.45, 2.75) is 19.3 Å². The van der Waals surface area contributed by atoms with Crippen molar-refractivity contribution in [3.8, 4) is 5.88 Å². The molecule has 12 heavy (non-hydrogen) atoms. The molecule has 2 rings (SSSR count). The van der Waals surface area contributed by atoms with Gasteiger partial charge in [-0.25, -0.2) is 0 Å². The highest BCUT2D eigenvalue weighted by Crippen LogP contribution is 2.36. The largest absolute Gasteiger partial charge is 0.475 e. The molecule has 0 fully saturated rings. The van der Waals surface area contributed by atoms with E-state index in [1.165, 1.54) is 0 Å². The first-order valence-electron chi connectivity index (χ1n) is 3.76. The maximum atomic E-state index is 5.72. The van der Waals surface area contributed by atoms with Crippen LogP contribution in [0.15, 0.2) is 6.07 Å². The quantitative estimate of drug-likeness (QED) is 0.617. The topological polar surface area (TPSA) is 35.0 Å². The average Bonchev–Trinajstić information content (AvgIpc) is 2.28. The van der Waals surface area contributed by atoms with Gasteiger partial charge in [-0.1, -0.05) is 25.4 Å². The summed E-state index contributed by atoms with van der Waals surface area (Å²) < 4.78 is 5.34. The first-order chi connectivity index (χ1) is 5.59. The van der Waals surface area contributed by atoms with Gasteiger partial charge in [0.05, 0.1) is 6.61 Å². The Hall–Kier alpha value is -0.830. The lowest BCUT2D eigenvalue weighted by atomic mass is 9.89. The zero-order valence-corrected chi connectivity index (χ0v) is 7.72. The maximum absolute atomic E-state index is 5.72. The van der Waals surface area contributed by atoms with Crippen LogP contribution in [0.4, 0.5) is 0 Å². The predicted octanol–water partition coefficient (Wildman–Crippen LogP) is 1.80. The average molecular weight is 185 g/mol. The zero-order chi connectivity index (χ0) is 8.77. The van der Waals surface area contributed by atoms with E-state index in [2.05, 4.69) is 24.0 Å². The minimum Gasteiger partial charge on any atom is -0.475 e. The number of hydrogen-bond donors (Lipinski definition) is 0. The van der Waals surface area contributed by atoms with Crippen LogP contribution in [0.1, 0.15) is 19.4 Å². The summed E-state index contributed by atoms with van der Waals surface area (Å²) in [5, 5.41) is 7.98. The molecule has 0 aliphatic carbocycles. The molecule has 0 radical (unpaired) electrons. The highest BCUT2D eigenvalue weighted by atomic mass is 35.5. The van der Waals surface area contributed by atoms with E-state index in [0.29, 0.717) is 17.6 Å². The molecule has 3 nitrogen and oxygen atoms in total. The van der Waals surface area contributed by atoms with Crippen molar-refractivity contribution in [2.75, 3.05) is 6.61 Å². The molecule has 0 saturated carbocycles. The third kappa shape index (κ3) is 1.05. The number of halogens is 1. The van der Waals surface area contributed by atoms with Crippen molar-refractivity contribution in [1.82, 2.24) is 10.2 Å². The third-order valence-corrected chi connectivity index (χ3v) is 2.21. The highest BCUT2D eigenvalue weighted by Gasteiger charge is 2.33. The van der Waals surface area contributed by atoms with Gasteiger partial charge >= 0.3 is 0 Å². The van der Waals surface area contributed by atoms with Crippen LogP contribution in [-0.2, 0) is 5.41 Å². The number of ether oxygens (including phenoxy) is 1. The Labute approximate surface area is 75.7 Å². The van der Waals surface area contributed by atoms with Gasteiger partial charge in [0, 0.05) is 11.0 Å². The van der Waals surface area contributed by atoms with Crippen LogP contribution >= 0.6 is 11.6 Å². The molecule has 1 aromatic heterocycles. The zero-order valence-electron chi connectivity index (χ0n) is 6.97. The standard InChI is InChI=1S/C8H9ClN2O/c1-8(2)4-12-7-5(8)3-6(9)10-11-7/h3H,4H2,1-2H3. The molecule has 1 aromatic rings. The summed E-state index contributed by atoms with van der Waals surface area (Å²) in [4.78, 5) is 0. The van der Waals surface area contributed by atoms with Crippen LogP contribution in [-0.4, -0.2) is 16.8 Å². The number of rotatable bonds is 0. The van der Waals surface area contributed by atoms with Crippen molar-refractivity contribution in [2.24, 2.45) is 0 Å². The van der Waals surface area contributed by atoms with Gasteiger partial charge in [0.1, 0.15) is 0 Å². The van der Waals surface area contributed by atoms with Gasteiger partial charge in [0.2, 0.25) is 5.88 Å². The Bertz CT molecular complexity index is 325. The first kappa shape index (κ1) is 7.80. The Morgan fingerprint density at radius 1 is 1.50 bits per heavy atom. The third-order valence-electron chi connectivity index (χ3n) is 2.03. The van der Waals surface area contributed by atoms with Gasteiger partial charge in [0.25, 0.3) is 0 Å². The summed E-state index contributed by atoms with van der Waals surface area (Å²) in [6.45, 7) is 4.84. The molecule has 0 bridgehead atoms. The lowest BCUT2D eigenvalue weighted by Gasteiger charge is -2.13. The Morgan fingerprint density at radius 3 is 3.00 bits per heavy atom. The second-order valence-electron chi connectivity index (χ2n) is 3.56. The van der Waals surface area contributed by atoms with Gasteiger partial charge in [-0.15, -0.1) is 10.2 Å². The van der Waals surface area contributed by atoms with Crippen LogP contribution in [0.3, 0.4) is 0 Å². The van der Waals surface area contributed by atoms with Gasteiger partial charge in [-0.3, -0.25) is 0 Å². The molecule has 1 aliphatic heterocycles. The van der Waals surface area contributed by atoms with Crippen molar-refractivity contribution in [3.05, 3.63) is 16.8 Å². The fraction of sp³-hybridized carbons (Fsp3) is 0.500. The number of nitrogens with zero attached hydrogens (tertiary/aromatic N) is 2. The smallest absolute Gasteiger partial charge is 0.237 e. The Kier molecular flexibility index (Phi) is 1.51. The molecule has 0 spiro atoms. The van der Waals surface area contributed by atoms with E-state index < -0.39 is 0 Å². The molecular weight excluding hydrogens is 176 g/mol. The minimum atomic E-state index is 0.00884. The van der Waals surface area contributed by atoms with E-state index in [-0.39, 0.29) is 5.41 Å². The predicted molar refractivity (Wildman–Crippen MR) is 45.6 cm³/mol. The molecule has 0 aromatic carbocycles. The van der Waals surface area contributed by atoms with Gasteiger partial charge in [0.15, 0.2) is 5.15 Å². The number of hydrogen-bond acceptors (Lipinski definition) is 3. The molecule has 2 heterocycles. The molecule has 0 unspecified atom stereocenters. The highest BCUT2D eigenvalue weighted by molar-refractivity contribution is 6.29. The van der Waals surface area contributed by atoms with Gasteiger partial charge < -0.3 is 4.74 Å². The van der Waals surface area contributed by atoms with Gasteiger partial charge in [-0.05, 0) is 6.07 Å². The first-order valence-corrected chi connectivity index (χ1v) is 4.14. The van der Waals surface area contributed by atoms with Gasteiger partial charge in [-0.2, -0.15) is 0 Å². The molecule has 0 amide bonds. The van der Waals surface area contributed by atoms with Crippen molar-refractivity contribution < 1.29 is 4.74 Å². The second kappa shape index (κ2) is 2.33. The van der Waals surface area contributed by atoms with Crippen molar-refractivity contribution in [1.29, 1.82) is 0 Å². The SMILES string of the molecule is CC1(C)COc2nnc(Cl)cc21. The maximum Gasteiger partial charge on any atom is 0.237 e. The monoisotopic (exact) mass is 184 g/mol. The van der Waals surface area contributed by atoms with Crippen LogP contribution < -0.4 is 4.74 Å². The molecule has 64 valence electrons. The Morgan fingerprint density at radius 2 is 2.25 bits per heavy atom. The fourth-order valence-corrected chi connectivity index (χ4v) is 1.42. The normalized spacial score (nSPS) is 18.6. The summed E-state index contributed by atoms with van der Waals surface area (Å²) in [7, 11) is 0. The molecule has 1 aliphatic rings. The van der Waals surface area contributed by atoms with Crippen LogP contribution in [0.2, 0.25) is 5.15 Å². The van der Waals surface area contributed by atoms with E-state index in [4.69, 9.17) is 16.3 Å². The van der Waals surface area contributed by atoms with E-state index >= 15 is 0 Å². The summed E-state index contributed by atoms with van der Waals surface area (Å²) >= 11 is 5.72. The summed E-state index contributed by atoms with van der Waals surface area (Å²) in [6, 6.07) is 1.82. The summed E-state index contributed by atoms with van der Waals surface area (Å²) in [5.74, 6) is 0.615. The fourth-order valence-electron chi connectivity index (χ4n) is 1.27. The molecule has 4 heteroatoms. The molecule has 0 N–H and O–H groups in total. The van der Waals surface area contributed by atoms with E-state index in [1.54, 1.807) is 0 Å². The Balaban J connectivity index is 2.57.